The maximum Gasteiger partial charge on any atom is 0.417 e. The Morgan fingerprint density at radius 1 is 1.06 bits per heavy atom. The second-order valence-electron chi connectivity index (χ2n) is 7.51. The van der Waals surface area contributed by atoms with Gasteiger partial charge in [-0.05, 0) is 42.5 Å². The first kappa shape index (κ1) is 25.1. The summed E-state index contributed by atoms with van der Waals surface area (Å²) in [6, 6.07) is 11.2. The van der Waals surface area contributed by atoms with E-state index in [4.69, 9.17) is 22.1 Å². The van der Waals surface area contributed by atoms with Crippen LogP contribution in [0.4, 0.5) is 29.1 Å². The van der Waals surface area contributed by atoms with Crippen LogP contribution >= 0.6 is 11.6 Å². The van der Waals surface area contributed by atoms with Crippen LogP contribution in [-0.4, -0.2) is 29.0 Å². The van der Waals surface area contributed by atoms with Gasteiger partial charge in [0.2, 0.25) is 0 Å². The molecule has 4 rings (SSSR count). The lowest BCUT2D eigenvalue weighted by molar-refractivity contribution is -0.137. The Labute approximate surface area is 207 Å². The summed E-state index contributed by atoms with van der Waals surface area (Å²) in [6.07, 6.45) is -3.16. The Kier molecular flexibility index (Phi) is 7.22. The van der Waals surface area contributed by atoms with Crippen molar-refractivity contribution in [3.05, 3.63) is 82.8 Å². The number of amides is 1. The highest BCUT2D eigenvalue weighted by molar-refractivity contribution is 6.31. The Balaban J connectivity index is 1.49. The number of rotatable bonds is 7. The molecule has 0 aliphatic rings. The topological polar surface area (TPSA) is 102 Å². The number of benzene rings is 3. The smallest absolute Gasteiger partial charge is 0.417 e. The molecule has 7 nitrogen and oxygen atoms in total. The van der Waals surface area contributed by atoms with E-state index in [1.165, 1.54) is 12.1 Å². The van der Waals surface area contributed by atoms with Crippen molar-refractivity contribution in [1.29, 1.82) is 0 Å². The lowest BCUT2D eigenvalue weighted by atomic mass is 10.1. The van der Waals surface area contributed by atoms with Crippen molar-refractivity contribution in [2.75, 3.05) is 23.7 Å². The van der Waals surface area contributed by atoms with Gasteiger partial charge in [0.1, 0.15) is 11.6 Å². The lowest BCUT2D eigenvalue weighted by Gasteiger charge is -2.12. The molecule has 4 aromatic rings. The quantitative estimate of drug-likeness (QED) is 0.264. The van der Waals surface area contributed by atoms with Crippen molar-refractivity contribution in [2.45, 2.75) is 6.18 Å². The Hall–Kier alpha value is -3.96. The summed E-state index contributed by atoms with van der Waals surface area (Å²) < 4.78 is 59.5. The van der Waals surface area contributed by atoms with E-state index in [0.29, 0.717) is 41.8 Å². The highest BCUT2D eigenvalue weighted by Gasteiger charge is 2.33. The molecule has 0 radical (unpaired) electrons. The lowest BCUT2D eigenvalue weighted by Crippen LogP contribution is -2.14. The van der Waals surface area contributed by atoms with Crippen molar-refractivity contribution in [2.24, 2.45) is 5.73 Å². The van der Waals surface area contributed by atoms with E-state index < -0.39 is 28.5 Å². The summed E-state index contributed by atoms with van der Waals surface area (Å²) in [4.78, 5) is 21.1. The third-order valence-electron chi connectivity index (χ3n) is 4.92. The number of carbonyl (C=O) groups is 1. The minimum absolute atomic E-state index is 0.0216. The molecule has 0 saturated carbocycles. The zero-order valence-electron chi connectivity index (χ0n) is 18.4. The predicted molar refractivity (Wildman–Crippen MR) is 128 cm³/mol. The number of hydrogen-bond donors (Lipinski definition) is 3. The average molecular weight is 520 g/mol. The number of nitrogens with zero attached hydrogens (tertiary/aromatic N) is 2. The molecule has 12 heteroatoms. The fourth-order valence-electron chi connectivity index (χ4n) is 3.22. The van der Waals surface area contributed by atoms with Gasteiger partial charge in [-0.15, -0.1) is 0 Å². The Morgan fingerprint density at radius 2 is 1.86 bits per heavy atom. The van der Waals surface area contributed by atoms with E-state index in [9.17, 15) is 22.4 Å². The molecular weight excluding hydrogens is 502 g/mol. The van der Waals surface area contributed by atoms with Gasteiger partial charge in [0, 0.05) is 36.5 Å². The number of fused-ring (bicyclic) bond motifs is 1. The second kappa shape index (κ2) is 10.3. The maximum absolute atomic E-state index is 14.7. The highest BCUT2D eigenvalue weighted by atomic mass is 35.5. The molecule has 1 heterocycles. The van der Waals surface area contributed by atoms with Crippen molar-refractivity contribution in [3.63, 3.8) is 0 Å². The molecule has 0 spiro atoms. The Bertz CT molecular complexity index is 1430. The summed E-state index contributed by atoms with van der Waals surface area (Å²) in [5, 5.41) is 4.84. The van der Waals surface area contributed by atoms with Crippen LogP contribution in [0.3, 0.4) is 0 Å². The van der Waals surface area contributed by atoms with Crippen molar-refractivity contribution in [1.82, 2.24) is 9.97 Å². The van der Waals surface area contributed by atoms with Gasteiger partial charge in [0.05, 0.1) is 27.8 Å². The molecule has 0 aliphatic carbocycles. The number of alkyl halides is 3. The molecule has 36 heavy (non-hydrogen) atoms. The zero-order valence-corrected chi connectivity index (χ0v) is 19.1. The third kappa shape index (κ3) is 5.81. The SMILES string of the molecule is NCCNc1cnc2ccc(Oc3ccc(NC(=O)c4ccc(Cl)c(C(F)(F)F)c4)cc3F)cc2n1. The van der Waals surface area contributed by atoms with Crippen molar-refractivity contribution < 1.29 is 27.1 Å². The first-order chi connectivity index (χ1) is 17.1. The highest BCUT2D eigenvalue weighted by Crippen LogP contribution is 2.35. The van der Waals surface area contributed by atoms with Gasteiger partial charge < -0.3 is 21.1 Å². The van der Waals surface area contributed by atoms with Crippen LogP contribution in [0.5, 0.6) is 11.5 Å². The molecule has 0 aliphatic heterocycles. The minimum atomic E-state index is -4.73. The van der Waals surface area contributed by atoms with Crippen LogP contribution in [0.25, 0.3) is 11.0 Å². The van der Waals surface area contributed by atoms with Gasteiger partial charge in [-0.25, -0.2) is 9.37 Å². The summed E-state index contributed by atoms with van der Waals surface area (Å²) in [5.41, 5.74) is 5.18. The first-order valence-electron chi connectivity index (χ1n) is 10.5. The number of carbonyl (C=O) groups excluding carboxylic acids is 1. The molecule has 1 aromatic heterocycles. The van der Waals surface area contributed by atoms with Crippen molar-refractivity contribution in [3.8, 4) is 11.5 Å². The molecule has 0 fully saturated rings. The monoisotopic (exact) mass is 519 g/mol. The second-order valence-corrected chi connectivity index (χ2v) is 7.92. The van der Waals surface area contributed by atoms with Crippen LogP contribution in [0.1, 0.15) is 15.9 Å². The number of nitrogens with one attached hydrogen (secondary N) is 2. The summed E-state index contributed by atoms with van der Waals surface area (Å²) in [7, 11) is 0. The molecule has 0 unspecified atom stereocenters. The van der Waals surface area contributed by atoms with Gasteiger partial charge in [0.15, 0.2) is 11.6 Å². The number of hydrogen-bond acceptors (Lipinski definition) is 6. The molecule has 4 N–H and O–H groups in total. The molecule has 0 saturated heterocycles. The van der Waals surface area contributed by atoms with E-state index in [2.05, 4.69) is 20.6 Å². The van der Waals surface area contributed by atoms with Crippen LogP contribution in [0.15, 0.2) is 60.8 Å². The van der Waals surface area contributed by atoms with Gasteiger partial charge in [-0.1, -0.05) is 11.6 Å². The van der Waals surface area contributed by atoms with E-state index >= 15 is 0 Å². The molecule has 3 aromatic carbocycles. The van der Waals surface area contributed by atoms with Gasteiger partial charge in [-0.3, -0.25) is 9.78 Å². The Morgan fingerprint density at radius 3 is 2.58 bits per heavy atom. The summed E-state index contributed by atoms with van der Waals surface area (Å²) in [6.45, 7) is 0.943. The van der Waals surface area contributed by atoms with E-state index in [0.717, 1.165) is 18.2 Å². The fraction of sp³-hybridized carbons (Fsp3) is 0.125. The van der Waals surface area contributed by atoms with E-state index in [1.54, 1.807) is 24.4 Å². The molecular formula is C24H18ClF4N5O2. The maximum atomic E-state index is 14.7. The van der Waals surface area contributed by atoms with Crippen LogP contribution in [0, 0.1) is 5.82 Å². The molecule has 186 valence electrons. The third-order valence-corrected chi connectivity index (χ3v) is 5.25. The van der Waals surface area contributed by atoms with Gasteiger partial charge in [-0.2, -0.15) is 13.2 Å². The van der Waals surface area contributed by atoms with Crippen LogP contribution in [0.2, 0.25) is 5.02 Å². The molecule has 1 amide bonds. The van der Waals surface area contributed by atoms with E-state index in [-0.39, 0.29) is 17.0 Å². The standard InChI is InChI=1S/C24H18ClF4N5O2/c25-17-4-1-13(9-16(17)24(27,28)29)23(35)33-14-2-6-21(18(26)10-14)36-15-3-5-19-20(11-15)34-22(12-32-19)31-8-7-30/h1-6,9-12H,7-8,30H2,(H,31,34)(H,33,35). The summed E-state index contributed by atoms with van der Waals surface area (Å²) >= 11 is 5.58. The van der Waals surface area contributed by atoms with Crippen LogP contribution < -0.4 is 21.1 Å². The van der Waals surface area contributed by atoms with Gasteiger partial charge >= 0.3 is 6.18 Å². The number of halogens is 5. The van der Waals surface area contributed by atoms with E-state index in [1.807, 2.05) is 0 Å². The zero-order chi connectivity index (χ0) is 25.9. The average Bonchev–Trinajstić information content (AvgIpc) is 2.83. The van der Waals surface area contributed by atoms with Crippen LogP contribution in [-0.2, 0) is 6.18 Å². The van der Waals surface area contributed by atoms with Crippen molar-refractivity contribution >= 4 is 40.0 Å². The normalized spacial score (nSPS) is 11.4. The number of aromatic nitrogens is 2. The van der Waals surface area contributed by atoms with Gasteiger partial charge in [0.25, 0.3) is 5.91 Å². The summed E-state index contributed by atoms with van der Waals surface area (Å²) in [5.74, 6) is -0.978. The number of nitrogens with two attached hydrogens (primary N) is 1. The minimum Gasteiger partial charge on any atom is -0.454 e. The first-order valence-corrected chi connectivity index (χ1v) is 10.9. The molecule has 0 bridgehead atoms. The fourth-order valence-corrected chi connectivity index (χ4v) is 3.44. The number of anilines is 2. The largest absolute Gasteiger partial charge is 0.454 e. The molecule has 0 atom stereocenters. The predicted octanol–water partition coefficient (Wildman–Crippen LogP) is 5.86. The number of ether oxygens (including phenoxy) is 1.